The minimum absolute atomic E-state index is 0.0229. The highest BCUT2D eigenvalue weighted by atomic mass is 35.5. The van der Waals surface area contributed by atoms with Crippen LogP contribution in [0.5, 0.6) is 11.5 Å². The Balaban J connectivity index is 1.43. The van der Waals surface area contributed by atoms with E-state index in [1.165, 1.54) is 6.08 Å². The maximum absolute atomic E-state index is 12.0. The number of aromatic nitrogens is 2. The zero-order chi connectivity index (χ0) is 23.3. The summed E-state index contributed by atoms with van der Waals surface area (Å²) >= 11 is 13.1. The Kier molecular flexibility index (Phi) is 5.54. The highest BCUT2D eigenvalue weighted by molar-refractivity contribution is 6.41. The number of rotatable bonds is 6. The second kappa shape index (κ2) is 8.39. The van der Waals surface area contributed by atoms with Gasteiger partial charge in [-0.1, -0.05) is 35.8 Å². The van der Waals surface area contributed by atoms with Crippen molar-refractivity contribution < 1.29 is 14.3 Å². The number of hydrogen-bond donors (Lipinski definition) is 1. The van der Waals surface area contributed by atoms with E-state index < -0.39 is 0 Å². The quantitative estimate of drug-likeness (QED) is 0.505. The second-order valence-electron chi connectivity index (χ2n) is 8.18. The van der Waals surface area contributed by atoms with Crippen LogP contribution in [0.3, 0.4) is 0 Å². The van der Waals surface area contributed by atoms with E-state index in [0.717, 1.165) is 29.4 Å². The van der Waals surface area contributed by atoms with Gasteiger partial charge in [-0.2, -0.15) is 0 Å². The molecule has 0 unspecified atom stereocenters. The number of benzene rings is 2. The highest BCUT2D eigenvalue weighted by Gasteiger charge is 2.53. The van der Waals surface area contributed by atoms with E-state index in [1.807, 2.05) is 23.1 Å². The topological polar surface area (TPSA) is 76.6 Å². The smallest absolute Gasteiger partial charge is 0.246 e. The number of carbonyl (C=O) groups excluding carboxylic acids is 1. The van der Waals surface area contributed by atoms with Gasteiger partial charge in [0, 0.05) is 35.7 Å². The van der Waals surface area contributed by atoms with Crippen LogP contribution in [0.4, 0.5) is 5.95 Å². The average molecular weight is 485 g/mol. The summed E-state index contributed by atoms with van der Waals surface area (Å²) in [6.45, 7) is 4.34. The lowest BCUT2D eigenvalue weighted by Crippen LogP contribution is -2.49. The summed E-state index contributed by atoms with van der Waals surface area (Å²) in [5.41, 5.74) is 2.20. The number of methoxy groups -OCH3 is 2. The zero-order valence-electron chi connectivity index (χ0n) is 18.1. The minimum Gasteiger partial charge on any atom is -0.495 e. The van der Waals surface area contributed by atoms with Gasteiger partial charge in [0.15, 0.2) is 0 Å². The van der Waals surface area contributed by atoms with Crippen LogP contribution in [-0.2, 0) is 4.79 Å². The molecular formula is C24H22Cl2N4O3. The Morgan fingerprint density at radius 2 is 1.94 bits per heavy atom. The molecule has 6 rings (SSSR count). The van der Waals surface area contributed by atoms with Crippen molar-refractivity contribution in [3.8, 4) is 22.6 Å². The number of nitrogens with one attached hydrogen (secondary N) is 1. The normalized spacial score (nSPS) is 21.0. The molecular weight excluding hydrogens is 463 g/mol. The molecule has 170 valence electrons. The molecule has 3 aromatic rings. The van der Waals surface area contributed by atoms with Crippen molar-refractivity contribution in [1.29, 1.82) is 0 Å². The van der Waals surface area contributed by atoms with Crippen molar-refractivity contribution in [2.45, 2.75) is 18.5 Å². The minimum atomic E-state index is -0.0229. The monoisotopic (exact) mass is 484 g/mol. The number of hydrogen-bond acceptors (Lipinski definition) is 6. The number of halogens is 2. The lowest BCUT2D eigenvalue weighted by Gasteiger charge is -2.36. The van der Waals surface area contributed by atoms with Gasteiger partial charge in [-0.05, 0) is 30.2 Å². The third-order valence-corrected chi connectivity index (χ3v) is 7.24. The van der Waals surface area contributed by atoms with Crippen molar-refractivity contribution in [3.63, 3.8) is 0 Å². The summed E-state index contributed by atoms with van der Waals surface area (Å²) in [6.07, 6.45) is 4.14. The summed E-state index contributed by atoms with van der Waals surface area (Å²) in [7, 11) is 3.09. The molecule has 1 aliphatic carbocycles. The van der Waals surface area contributed by atoms with Crippen molar-refractivity contribution in [1.82, 2.24) is 14.9 Å². The number of carbonyl (C=O) groups is 1. The van der Waals surface area contributed by atoms with Crippen LogP contribution in [0.1, 0.15) is 6.42 Å². The molecule has 3 heterocycles. The van der Waals surface area contributed by atoms with Crippen LogP contribution in [0.2, 0.25) is 10.0 Å². The summed E-state index contributed by atoms with van der Waals surface area (Å²) in [4.78, 5) is 23.1. The average Bonchev–Trinajstić information content (AvgIpc) is 3.42. The van der Waals surface area contributed by atoms with E-state index in [4.69, 9.17) is 32.7 Å². The first-order chi connectivity index (χ1) is 15.9. The third-order valence-electron chi connectivity index (χ3n) is 6.49. The molecule has 0 spiro atoms. The molecule has 2 aliphatic heterocycles. The van der Waals surface area contributed by atoms with E-state index in [-0.39, 0.29) is 18.0 Å². The Bertz CT molecular complexity index is 1250. The van der Waals surface area contributed by atoms with Gasteiger partial charge in [-0.3, -0.25) is 4.79 Å². The third kappa shape index (κ3) is 3.56. The van der Waals surface area contributed by atoms with Gasteiger partial charge in [0.2, 0.25) is 11.9 Å². The van der Waals surface area contributed by atoms with E-state index >= 15 is 0 Å². The molecule has 2 saturated heterocycles. The number of nitrogens with zero attached hydrogens (tertiary/aromatic N) is 3. The van der Waals surface area contributed by atoms with Gasteiger partial charge < -0.3 is 19.7 Å². The van der Waals surface area contributed by atoms with Crippen molar-refractivity contribution in [2.24, 2.45) is 5.92 Å². The number of amides is 1. The summed E-state index contributed by atoms with van der Waals surface area (Å²) in [5, 5.41) is 5.06. The first-order valence-electron chi connectivity index (χ1n) is 10.5. The predicted molar refractivity (Wildman–Crippen MR) is 129 cm³/mol. The molecule has 3 atom stereocenters. The van der Waals surface area contributed by atoms with Crippen molar-refractivity contribution in [3.05, 3.63) is 53.2 Å². The molecule has 3 fully saturated rings. The lowest BCUT2D eigenvalue weighted by atomic mass is 9.80. The Morgan fingerprint density at radius 1 is 1.21 bits per heavy atom. The molecule has 1 N–H and O–H groups in total. The molecule has 9 heteroatoms. The van der Waals surface area contributed by atoms with E-state index in [1.54, 1.807) is 26.5 Å². The fraction of sp³-hybridized carbons (Fsp3) is 0.292. The van der Waals surface area contributed by atoms with Crippen LogP contribution in [0.15, 0.2) is 43.1 Å². The van der Waals surface area contributed by atoms with Gasteiger partial charge in [0.1, 0.15) is 11.5 Å². The van der Waals surface area contributed by atoms with Crippen LogP contribution >= 0.6 is 23.2 Å². The zero-order valence-corrected chi connectivity index (χ0v) is 19.7. The number of ether oxygens (including phenoxy) is 2. The van der Waals surface area contributed by atoms with Gasteiger partial charge >= 0.3 is 0 Å². The van der Waals surface area contributed by atoms with Gasteiger partial charge in [-0.15, -0.1) is 0 Å². The summed E-state index contributed by atoms with van der Waals surface area (Å²) in [6, 6.07) is 7.72. The fourth-order valence-electron chi connectivity index (χ4n) is 4.75. The molecule has 1 aromatic heterocycles. The molecule has 7 nitrogen and oxygen atoms in total. The Labute approximate surface area is 201 Å². The lowest BCUT2D eigenvalue weighted by molar-refractivity contribution is -0.126. The van der Waals surface area contributed by atoms with E-state index in [0.29, 0.717) is 39.0 Å². The van der Waals surface area contributed by atoms with Gasteiger partial charge in [0.05, 0.1) is 41.9 Å². The maximum atomic E-state index is 12.0. The SMILES string of the molecule is C=CC(=O)N1C[C@@H]2C[C@H]1[C@@H]2Nc1ncc2cc(-c3c(Cl)c(OC)cc(OC)c3Cl)ccc2n1. The van der Waals surface area contributed by atoms with Crippen LogP contribution < -0.4 is 14.8 Å². The highest BCUT2D eigenvalue weighted by Crippen LogP contribution is 2.46. The largest absolute Gasteiger partial charge is 0.495 e. The Hall–Kier alpha value is -3.03. The standard InChI is InChI=1S/C24H22Cl2N4O3/c1-4-19(31)30-11-14-8-16(30)23(14)29-24-27-10-13-7-12(5-6-15(13)28-24)20-21(25)17(32-2)9-18(33-3)22(20)26/h4-7,9-10,14,16,23H,1,8,11H2,2-3H3,(H,27,28,29)/t14-,16-,23+/m0/s1. The Morgan fingerprint density at radius 3 is 2.61 bits per heavy atom. The van der Waals surface area contributed by atoms with Crippen molar-refractivity contribution in [2.75, 3.05) is 26.1 Å². The van der Waals surface area contributed by atoms with Crippen LogP contribution in [0.25, 0.3) is 22.0 Å². The summed E-state index contributed by atoms with van der Waals surface area (Å²) in [5.74, 6) is 1.88. The van der Waals surface area contributed by atoms with Gasteiger partial charge in [0.25, 0.3) is 0 Å². The van der Waals surface area contributed by atoms with E-state index in [9.17, 15) is 4.79 Å². The number of fused-ring (bicyclic) bond motifs is 2. The number of anilines is 1. The van der Waals surface area contributed by atoms with Crippen LogP contribution in [0, 0.1) is 5.92 Å². The molecule has 0 radical (unpaired) electrons. The van der Waals surface area contributed by atoms with Gasteiger partial charge in [-0.25, -0.2) is 9.97 Å². The first-order valence-corrected chi connectivity index (χ1v) is 11.3. The molecule has 2 bridgehead atoms. The van der Waals surface area contributed by atoms with Crippen LogP contribution in [-0.4, -0.2) is 53.6 Å². The van der Waals surface area contributed by atoms with E-state index in [2.05, 4.69) is 21.9 Å². The maximum Gasteiger partial charge on any atom is 0.246 e. The summed E-state index contributed by atoms with van der Waals surface area (Å²) < 4.78 is 10.8. The molecule has 3 aliphatic rings. The second-order valence-corrected chi connectivity index (χ2v) is 8.94. The fourth-order valence-corrected chi connectivity index (χ4v) is 5.47. The molecule has 1 amide bonds. The van der Waals surface area contributed by atoms with Crippen molar-refractivity contribution >= 4 is 46.0 Å². The molecule has 2 aromatic carbocycles. The first kappa shape index (κ1) is 21.8. The predicted octanol–water partition coefficient (Wildman–Crippen LogP) is 4.82. The molecule has 33 heavy (non-hydrogen) atoms. The molecule has 1 saturated carbocycles.